The van der Waals surface area contributed by atoms with Crippen molar-refractivity contribution in [2.75, 3.05) is 12.4 Å². The summed E-state index contributed by atoms with van der Waals surface area (Å²) in [6.07, 6.45) is 1.47. The van der Waals surface area contributed by atoms with Crippen LogP contribution < -0.4 is 5.32 Å². The first kappa shape index (κ1) is 15.9. The Balaban J connectivity index is 2.29. The van der Waals surface area contributed by atoms with E-state index < -0.39 is 0 Å². The molecule has 1 amide bonds. The molecular weight excluding hydrogens is 356 g/mol. The summed E-state index contributed by atoms with van der Waals surface area (Å²) in [5.41, 5.74) is 2.64. The van der Waals surface area contributed by atoms with Gasteiger partial charge in [-0.05, 0) is 25.1 Å². The number of carbonyl (C=O) groups is 1. The quantitative estimate of drug-likeness (QED) is 0.878. The third kappa shape index (κ3) is 3.81. The average Bonchev–Trinajstić information content (AvgIpc) is 2.42. The van der Waals surface area contributed by atoms with Gasteiger partial charge in [0.1, 0.15) is 0 Å². The third-order valence-electron chi connectivity index (χ3n) is 2.89. The molecule has 1 aromatic carbocycles. The van der Waals surface area contributed by atoms with Gasteiger partial charge in [-0.3, -0.25) is 9.78 Å². The number of ether oxygens (including phenoxy) is 1. The molecule has 2 rings (SSSR count). The number of nitrogens with zero attached hydrogens (tertiary/aromatic N) is 1. The fourth-order valence-corrected chi connectivity index (χ4v) is 2.62. The molecule has 1 N–H and O–H groups in total. The fraction of sp³-hybridized carbons (Fsp3) is 0.200. The fourth-order valence-electron chi connectivity index (χ4n) is 1.85. The van der Waals surface area contributed by atoms with E-state index in [1.54, 1.807) is 13.2 Å². The molecule has 0 fully saturated rings. The van der Waals surface area contributed by atoms with Crippen molar-refractivity contribution >= 4 is 39.1 Å². The van der Waals surface area contributed by atoms with Gasteiger partial charge in [-0.25, -0.2) is 0 Å². The maximum absolute atomic E-state index is 12.3. The lowest BCUT2D eigenvalue weighted by Gasteiger charge is -2.13. The molecule has 0 aliphatic heterocycles. The standard InChI is InChI=1S/C15H14BrClN2O2/c1-9-6-13(17)10(7-18-9)15(20)19-14-5-3-4-12(16)11(14)8-21-2/h3-7H,8H2,1-2H3,(H,19,20). The molecule has 0 bridgehead atoms. The van der Waals surface area contributed by atoms with Crippen molar-refractivity contribution in [3.8, 4) is 0 Å². The maximum atomic E-state index is 12.3. The number of rotatable bonds is 4. The Labute approximate surface area is 136 Å². The first-order chi connectivity index (χ1) is 10.0. The van der Waals surface area contributed by atoms with Crippen molar-refractivity contribution in [2.24, 2.45) is 0 Å². The monoisotopic (exact) mass is 368 g/mol. The van der Waals surface area contributed by atoms with Crippen LogP contribution >= 0.6 is 27.5 Å². The van der Waals surface area contributed by atoms with E-state index in [0.717, 1.165) is 15.7 Å². The van der Waals surface area contributed by atoms with Crippen molar-refractivity contribution in [2.45, 2.75) is 13.5 Å². The van der Waals surface area contributed by atoms with Crippen LogP contribution in [0.15, 0.2) is 34.9 Å². The van der Waals surface area contributed by atoms with Crippen LogP contribution in [-0.2, 0) is 11.3 Å². The van der Waals surface area contributed by atoms with E-state index in [-0.39, 0.29) is 5.91 Å². The zero-order valence-electron chi connectivity index (χ0n) is 11.6. The average molecular weight is 370 g/mol. The van der Waals surface area contributed by atoms with Crippen molar-refractivity contribution in [3.63, 3.8) is 0 Å². The molecule has 110 valence electrons. The van der Waals surface area contributed by atoms with Gasteiger partial charge in [-0.2, -0.15) is 0 Å². The second-order valence-electron chi connectivity index (χ2n) is 4.46. The summed E-state index contributed by atoms with van der Waals surface area (Å²) in [6, 6.07) is 7.21. The molecule has 0 saturated carbocycles. The normalized spacial score (nSPS) is 10.5. The molecule has 0 spiro atoms. The van der Waals surface area contributed by atoms with Gasteiger partial charge in [0.25, 0.3) is 5.91 Å². The van der Waals surface area contributed by atoms with Gasteiger partial charge >= 0.3 is 0 Å². The maximum Gasteiger partial charge on any atom is 0.258 e. The molecule has 0 aliphatic carbocycles. The molecule has 0 saturated heterocycles. The molecule has 4 nitrogen and oxygen atoms in total. The zero-order chi connectivity index (χ0) is 15.4. The number of methoxy groups -OCH3 is 1. The first-order valence-electron chi connectivity index (χ1n) is 6.22. The SMILES string of the molecule is COCc1c(Br)cccc1NC(=O)c1cnc(C)cc1Cl. The molecule has 6 heteroatoms. The minimum Gasteiger partial charge on any atom is -0.380 e. The Hall–Kier alpha value is -1.43. The number of carbonyl (C=O) groups excluding carboxylic acids is 1. The van der Waals surface area contributed by atoms with Crippen molar-refractivity contribution in [1.82, 2.24) is 4.98 Å². The largest absolute Gasteiger partial charge is 0.380 e. The van der Waals surface area contributed by atoms with E-state index >= 15 is 0 Å². The van der Waals surface area contributed by atoms with Crippen LogP contribution in [0.2, 0.25) is 5.02 Å². The van der Waals surface area contributed by atoms with Gasteiger partial charge in [0.2, 0.25) is 0 Å². The predicted octanol–water partition coefficient (Wildman–Crippen LogP) is 4.20. The highest BCUT2D eigenvalue weighted by Gasteiger charge is 2.14. The van der Waals surface area contributed by atoms with E-state index in [1.165, 1.54) is 6.20 Å². The minimum absolute atomic E-state index is 0.303. The number of nitrogens with one attached hydrogen (secondary N) is 1. The van der Waals surface area contributed by atoms with Crippen molar-refractivity contribution in [3.05, 3.63) is 56.8 Å². The highest BCUT2D eigenvalue weighted by Crippen LogP contribution is 2.26. The molecule has 0 radical (unpaired) electrons. The highest BCUT2D eigenvalue weighted by atomic mass is 79.9. The number of hydrogen-bond donors (Lipinski definition) is 1. The Morgan fingerprint density at radius 2 is 2.24 bits per heavy atom. The minimum atomic E-state index is -0.303. The Morgan fingerprint density at radius 3 is 2.90 bits per heavy atom. The Bertz CT molecular complexity index is 677. The van der Waals surface area contributed by atoms with Crippen LogP contribution in [0.25, 0.3) is 0 Å². The molecule has 2 aromatic rings. The van der Waals surface area contributed by atoms with Gasteiger partial charge in [-0.15, -0.1) is 0 Å². The number of halogens is 2. The number of hydrogen-bond acceptors (Lipinski definition) is 3. The van der Waals surface area contributed by atoms with E-state index in [0.29, 0.717) is 22.9 Å². The van der Waals surface area contributed by atoms with E-state index in [9.17, 15) is 4.79 Å². The van der Waals surface area contributed by atoms with Gasteiger partial charge in [0.15, 0.2) is 0 Å². The van der Waals surface area contributed by atoms with E-state index in [4.69, 9.17) is 16.3 Å². The summed E-state index contributed by atoms with van der Waals surface area (Å²) in [4.78, 5) is 16.4. The summed E-state index contributed by atoms with van der Waals surface area (Å²) in [5.74, 6) is -0.303. The van der Waals surface area contributed by atoms with Crippen LogP contribution in [0.3, 0.4) is 0 Å². The van der Waals surface area contributed by atoms with Crippen LogP contribution in [0, 0.1) is 6.92 Å². The number of aryl methyl sites for hydroxylation is 1. The summed E-state index contributed by atoms with van der Waals surface area (Å²) in [7, 11) is 1.60. The van der Waals surface area contributed by atoms with Gasteiger partial charge in [-0.1, -0.05) is 33.6 Å². The number of pyridine rings is 1. The smallest absolute Gasteiger partial charge is 0.258 e. The van der Waals surface area contributed by atoms with E-state index in [2.05, 4.69) is 26.2 Å². The summed E-state index contributed by atoms with van der Waals surface area (Å²) < 4.78 is 6.03. The molecule has 1 heterocycles. The third-order valence-corrected chi connectivity index (χ3v) is 3.95. The number of aromatic nitrogens is 1. The summed E-state index contributed by atoms with van der Waals surface area (Å²) >= 11 is 9.54. The Kier molecular flexibility index (Phi) is 5.33. The van der Waals surface area contributed by atoms with Crippen LogP contribution in [0.4, 0.5) is 5.69 Å². The molecule has 0 atom stereocenters. The first-order valence-corrected chi connectivity index (χ1v) is 7.40. The number of amides is 1. The van der Waals surface area contributed by atoms with E-state index in [1.807, 2.05) is 25.1 Å². The molecule has 0 aliphatic rings. The summed E-state index contributed by atoms with van der Waals surface area (Å²) in [5, 5.41) is 3.22. The Morgan fingerprint density at radius 1 is 1.48 bits per heavy atom. The molecule has 21 heavy (non-hydrogen) atoms. The summed E-state index contributed by atoms with van der Waals surface area (Å²) in [6.45, 7) is 2.20. The molecular formula is C15H14BrClN2O2. The van der Waals surface area contributed by atoms with Crippen molar-refractivity contribution in [1.29, 1.82) is 0 Å². The second-order valence-corrected chi connectivity index (χ2v) is 5.72. The number of benzene rings is 1. The lowest BCUT2D eigenvalue weighted by molar-refractivity contribution is 0.102. The lowest BCUT2D eigenvalue weighted by Crippen LogP contribution is -2.14. The number of anilines is 1. The van der Waals surface area contributed by atoms with Gasteiger partial charge < -0.3 is 10.1 Å². The molecule has 0 unspecified atom stereocenters. The molecule has 1 aromatic heterocycles. The predicted molar refractivity (Wildman–Crippen MR) is 86.8 cm³/mol. The highest BCUT2D eigenvalue weighted by molar-refractivity contribution is 9.10. The lowest BCUT2D eigenvalue weighted by atomic mass is 10.1. The van der Waals surface area contributed by atoms with Crippen LogP contribution in [0.5, 0.6) is 0 Å². The zero-order valence-corrected chi connectivity index (χ0v) is 14.0. The topological polar surface area (TPSA) is 51.2 Å². The van der Waals surface area contributed by atoms with Crippen molar-refractivity contribution < 1.29 is 9.53 Å². The second kappa shape index (κ2) is 7.02. The van der Waals surface area contributed by atoms with Crippen LogP contribution in [0.1, 0.15) is 21.6 Å². The van der Waals surface area contributed by atoms with Gasteiger partial charge in [0, 0.05) is 34.7 Å². The van der Waals surface area contributed by atoms with Gasteiger partial charge in [0.05, 0.1) is 17.2 Å². The van der Waals surface area contributed by atoms with Crippen LogP contribution in [-0.4, -0.2) is 18.0 Å².